The highest BCUT2D eigenvalue weighted by atomic mass is 16.5. The second kappa shape index (κ2) is 20.0. The van der Waals surface area contributed by atoms with Crippen LogP contribution in [0.2, 0.25) is 0 Å². The van der Waals surface area contributed by atoms with Crippen molar-refractivity contribution in [2.24, 2.45) is 35.5 Å². The molecule has 0 spiro atoms. The Balaban J connectivity index is 2.21. The molecule has 0 aromatic carbocycles. The van der Waals surface area contributed by atoms with Gasteiger partial charge in [-0.15, -0.1) is 0 Å². The Kier molecular flexibility index (Phi) is 18.3. The second-order valence-electron chi connectivity index (χ2n) is 12.1. The zero-order valence-corrected chi connectivity index (χ0v) is 24.8. The van der Waals surface area contributed by atoms with Crippen LogP contribution in [0, 0.1) is 35.5 Å². The highest BCUT2D eigenvalue weighted by Crippen LogP contribution is 2.31. The smallest absolute Gasteiger partial charge is 0.308 e. The van der Waals surface area contributed by atoms with Crippen LogP contribution in [0.15, 0.2) is 0 Å². The lowest BCUT2D eigenvalue weighted by Crippen LogP contribution is -2.30. The third-order valence-corrected chi connectivity index (χ3v) is 8.84. The van der Waals surface area contributed by atoms with Crippen molar-refractivity contribution in [2.75, 3.05) is 13.2 Å². The predicted molar refractivity (Wildman–Crippen MR) is 151 cm³/mol. The van der Waals surface area contributed by atoms with E-state index in [2.05, 4.69) is 41.5 Å². The fourth-order valence-corrected chi connectivity index (χ4v) is 5.26. The van der Waals surface area contributed by atoms with Gasteiger partial charge in [-0.2, -0.15) is 0 Å². The quantitative estimate of drug-likeness (QED) is 0.121. The molecule has 4 nitrogen and oxygen atoms in total. The third kappa shape index (κ3) is 14.0. The van der Waals surface area contributed by atoms with E-state index >= 15 is 0 Å². The zero-order valence-electron chi connectivity index (χ0n) is 24.8. The first-order chi connectivity index (χ1) is 17.3. The molecule has 1 rings (SSSR count). The van der Waals surface area contributed by atoms with Crippen molar-refractivity contribution in [3.8, 4) is 0 Å². The molecule has 0 heterocycles. The van der Waals surface area contributed by atoms with E-state index in [0.717, 1.165) is 25.7 Å². The minimum absolute atomic E-state index is 0.0581. The SMILES string of the molecule is CCCCCCCC(C)C(C)COC(=O)C1CCC(C(=O)OCC(C)C(C)CCCCCCC)CC1. The van der Waals surface area contributed by atoms with Gasteiger partial charge in [0.05, 0.1) is 25.0 Å². The topological polar surface area (TPSA) is 52.6 Å². The standard InChI is InChI=1S/C32H60O4/c1-7-9-11-13-15-17-25(3)27(5)23-35-31(33)29-19-21-30(22-20-29)32(34)36-24-28(6)26(4)18-16-14-12-10-8-2/h25-30H,7-24H2,1-6H3. The minimum atomic E-state index is -0.0646. The van der Waals surface area contributed by atoms with Gasteiger partial charge in [-0.25, -0.2) is 0 Å². The highest BCUT2D eigenvalue weighted by Gasteiger charge is 2.32. The number of esters is 2. The normalized spacial score (nSPS) is 21.4. The Morgan fingerprint density at radius 1 is 0.556 bits per heavy atom. The molecule has 1 aliphatic rings. The average Bonchev–Trinajstić information content (AvgIpc) is 2.89. The summed E-state index contributed by atoms with van der Waals surface area (Å²) >= 11 is 0. The summed E-state index contributed by atoms with van der Waals surface area (Å²) in [5.41, 5.74) is 0. The molecule has 1 fully saturated rings. The van der Waals surface area contributed by atoms with Gasteiger partial charge in [0, 0.05) is 0 Å². The van der Waals surface area contributed by atoms with E-state index in [1.807, 2.05) is 0 Å². The Labute approximate surface area is 224 Å². The van der Waals surface area contributed by atoms with Crippen LogP contribution in [0.4, 0.5) is 0 Å². The van der Waals surface area contributed by atoms with Gasteiger partial charge < -0.3 is 9.47 Å². The van der Waals surface area contributed by atoms with Gasteiger partial charge >= 0.3 is 11.9 Å². The van der Waals surface area contributed by atoms with Gasteiger partial charge in [0.1, 0.15) is 0 Å². The molecule has 4 heteroatoms. The molecule has 212 valence electrons. The lowest BCUT2D eigenvalue weighted by Gasteiger charge is -2.28. The molecule has 36 heavy (non-hydrogen) atoms. The Bertz CT molecular complexity index is 517. The van der Waals surface area contributed by atoms with E-state index in [-0.39, 0.29) is 23.8 Å². The minimum Gasteiger partial charge on any atom is -0.465 e. The lowest BCUT2D eigenvalue weighted by atomic mass is 9.82. The molecule has 0 saturated heterocycles. The maximum Gasteiger partial charge on any atom is 0.308 e. The largest absolute Gasteiger partial charge is 0.465 e. The van der Waals surface area contributed by atoms with E-state index in [1.165, 1.54) is 77.0 Å². The van der Waals surface area contributed by atoms with Crippen molar-refractivity contribution in [2.45, 2.75) is 144 Å². The van der Waals surface area contributed by atoms with E-state index in [0.29, 0.717) is 36.9 Å². The number of ether oxygens (including phenoxy) is 2. The number of unbranched alkanes of at least 4 members (excludes halogenated alkanes) is 8. The van der Waals surface area contributed by atoms with Gasteiger partial charge in [-0.1, -0.05) is 119 Å². The van der Waals surface area contributed by atoms with Crippen molar-refractivity contribution in [1.29, 1.82) is 0 Å². The summed E-state index contributed by atoms with van der Waals surface area (Å²) < 4.78 is 11.4. The highest BCUT2D eigenvalue weighted by molar-refractivity contribution is 5.75. The lowest BCUT2D eigenvalue weighted by molar-refractivity contribution is -0.157. The van der Waals surface area contributed by atoms with E-state index in [1.54, 1.807) is 0 Å². The van der Waals surface area contributed by atoms with Crippen LogP contribution in [-0.2, 0) is 19.1 Å². The molecule has 0 aromatic rings. The third-order valence-electron chi connectivity index (χ3n) is 8.84. The van der Waals surface area contributed by atoms with Crippen LogP contribution in [-0.4, -0.2) is 25.2 Å². The van der Waals surface area contributed by atoms with Crippen LogP contribution in [0.3, 0.4) is 0 Å². The Hall–Kier alpha value is -1.06. The molecular weight excluding hydrogens is 448 g/mol. The van der Waals surface area contributed by atoms with Crippen LogP contribution in [0.1, 0.15) is 144 Å². The second-order valence-corrected chi connectivity index (χ2v) is 12.1. The first kappa shape index (κ1) is 33.0. The van der Waals surface area contributed by atoms with E-state index < -0.39 is 0 Å². The van der Waals surface area contributed by atoms with Gasteiger partial charge in [0.15, 0.2) is 0 Å². The molecule has 0 amide bonds. The van der Waals surface area contributed by atoms with Crippen molar-refractivity contribution in [1.82, 2.24) is 0 Å². The molecule has 4 atom stereocenters. The number of hydrogen-bond acceptors (Lipinski definition) is 4. The fraction of sp³-hybridized carbons (Fsp3) is 0.938. The molecule has 0 N–H and O–H groups in total. The molecule has 1 aliphatic carbocycles. The summed E-state index contributed by atoms with van der Waals surface area (Å²) in [5.74, 6) is 1.71. The van der Waals surface area contributed by atoms with Crippen LogP contribution < -0.4 is 0 Å². The van der Waals surface area contributed by atoms with Crippen molar-refractivity contribution < 1.29 is 19.1 Å². The zero-order chi connectivity index (χ0) is 26.8. The summed E-state index contributed by atoms with van der Waals surface area (Å²) in [7, 11) is 0. The van der Waals surface area contributed by atoms with Crippen molar-refractivity contribution >= 4 is 11.9 Å². The van der Waals surface area contributed by atoms with Crippen LogP contribution >= 0.6 is 0 Å². The molecular formula is C32H60O4. The van der Waals surface area contributed by atoms with E-state index in [4.69, 9.17) is 9.47 Å². The number of rotatable bonds is 20. The molecule has 0 aliphatic heterocycles. The van der Waals surface area contributed by atoms with Gasteiger partial charge in [0.25, 0.3) is 0 Å². The van der Waals surface area contributed by atoms with Crippen molar-refractivity contribution in [3.05, 3.63) is 0 Å². The Morgan fingerprint density at radius 3 is 1.22 bits per heavy atom. The summed E-state index contributed by atoms with van der Waals surface area (Å²) in [6, 6.07) is 0. The first-order valence-corrected chi connectivity index (χ1v) is 15.6. The van der Waals surface area contributed by atoms with Crippen molar-refractivity contribution in [3.63, 3.8) is 0 Å². The fourth-order valence-electron chi connectivity index (χ4n) is 5.26. The average molecular weight is 509 g/mol. The van der Waals surface area contributed by atoms with Gasteiger partial charge in [0.2, 0.25) is 0 Å². The molecule has 0 radical (unpaired) electrons. The first-order valence-electron chi connectivity index (χ1n) is 15.6. The number of carbonyl (C=O) groups is 2. The monoisotopic (exact) mass is 508 g/mol. The summed E-state index contributed by atoms with van der Waals surface area (Å²) in [6.07, 6.45) is 18.5. The van der Waals surface area contributed by atoms with Crippen LogP contribution in [0.5, 0.6) is 0 Å². The van der Waals surface area contributed by atoms with Gasteiger partial charge in [-0.05, 0) is 49.4 Å². The molecule has 1 saturated carbocycles. The number of carbonyl (C=O) groups excluding carboxylic acids is 2. The molecule has 4 unspecified atom stereocenters. The predicted octanol–water partition coefficient (Wildman–Crippen LogP) is 9.14. The maximum absolute atomic E-state index is 12.6. The Morgan fingerprint density at radius 2 is 0.889 bits per heavy atom. The van der Waals surface area contributed by atoms with Gasteiger partial charge in [-0.3, -0.25) is 9.59 Å². The number of hydrogen-bond donors (Lipinski definition) is 0. The maximum atomic E-state index is 12.6. The summed E-state index contributed by atoms with van der Waals surface area (Å²) in [5, 5.41) is 0. The molecule has 0 bridgehead atoms. The molecule has 0 aromatic heterocycles. The van der Waals surface area contributed by atoms with Crippen LogP contribution in [0.25, 0.3) is 0 Å². The summed E-state index contributed by atoms with van der Waals surface area (Å²) in [6.45, 7) is 14.5. The summed E-state index contributed by atoms with van der Waals surface area (Å²) in [4.78, 5) is 25.3. The van der Waals surface area contributed by atoms with E-state index in [9.17, 15) is 9.59 Å².